The van der Waals surface area contributed by atoms with Crippen LogP contribution in [0.25, 0.3) is 0 Å². The number of aromatic amines is 1. The first kappa shape index (κ1) is 8.32. The van der Waals surface area contributed by atoms with Crippen molar-refractivity contribution >= 4 is 24.2 Å². The van der Waals surface area contributed by atoms with E-state index >= 15 is 0 Å². The van der Waals surface area contributed by atoms with Crippen molar-refractivity contribution in [3.05, 3.63) is 27.6 Å². The van der Waals surface area contributed by atoms with Gasteiger partial charge in [0.05, 0.1) is 0 Å². The van der Waals surface area contributed by atoms with E-state index in [1.54, 1.807) is 0 Å². The summed E-state index contributed by atoms with van der Waals surface area (Å²) in [7, 11) is -1.70. The monoisotopic (exact) mass is 173 g/mol. The van der Waals surface area contributed by atoms with E-state index in [-0.39, 0.29) is 10.5 Å². The molecule has 11 heavy (non-hydrogen) atoms. The van der Waals surface area contributed by atoms with Crippen molar-refractivity contribution < 1.29 is 10.0 Å². The third kappa shape index (κ3) is 1.62. The molecule has 6 heteroatoms. The lowest BCUT2D eigenvalue weighted by atomic mass is 9.81. The van der Waals surface area contributed by atoms with Crippen molar-refractivity contribution in [2.45, 2.75) is 0 Å². The highest BCUT2D eigenvalue weighted by atomic mass is 35.5. The number of hydrogen-bond donors (Lipinski definition) is 3. The molecule has 1 aromatic heterocycles. The van der Waals surface area contributed by atoms with Crippen molar-refractivity contribution in [3.8, 4) is 0 Å². The third-order valence-corrected chi connectivity index (χ3v) is 1.60. The van der Waals surface area contributed by atoms with Crippen LogP contribution in [0.2, 0.25) is 5.02 Å². The van der Waals surface area contributed by atoms with Crippen LogP contribution >= 0.6 is 11.6 Å². The van der Waals surface area contributed by atoms with Gasteiger partial charge >= 0.3 is 7.12 Å². The predicted molar refractivity (Wildman–Crippen MR) is 41.9 cm³/mol. The summed E-state index contributed by atoms with van der Waals surface area (Å²) in [4.78, 5) is 13.0. The number of hydrogen-bond acceptors (Lipinski definition) is 3. The molecule has 1 aromatic rings. The van der Waals surface area contributed by atoms with Crippen molar-refractivity contribution in [2.24, 2.45) is 0 Å². The molecule has 1 rings (SSSR count). The average molecular weight is 173 g/mol. The molecule has 0 aliphatic heterocycles. The van der Waals surface area contributed by atoms with Crippen LogP contribution in [0.1, 0.15) is 0 Å². The van der Waals surface area contributed by atoms with Crippen LogP contribution in [0.4, 0.5) is 0 Å². The van der Waals surface area contributed by atoms with E-state index in [9.17, 15) is 4.79 Å². The summed E-state index contributed by atoms with van der Waals surface area (Å²) in [6.45, 7) is 0. The van der Waals surface area contributed by atoms with E-state index in [1.165, 1.54) is 12.3 Å². The number of H-pyrrole nitrogens is 1. The Hall–Kier alpha value is -0.775. The minimum absolute atomic E-state index is 0.00965. The highest BCUT2D eigenvalue weighted by Gasteiger charge is 2.16. The van der Waals surface area contributed by atoms with Crippen LogP contribution in [0.5, 0.6) is 0 Å². The number of pyridine rings is 1. The molecule has 0 fully saturated rings. The number of nitrogens with one attached hydrogen (secondary N) is 1. The first-order valence-corrected chi connectivity index (χ1v) is 3.24. The molecule has 3 N–H and O–H groups in total. The molecule has 0 atom stereocenters. The lowest BCUT2D eigenvalue weighted by Crippen LogP contribution is -2.34. The Balaban J connectivity index is 3.28. The molecule has 58 valence electrons. The fraction of sp³-hybridized carbons (Fsp3) is 0. The Bertz CT molecular complexity index is 311. The molecule has 0 unspecified atom stereocenters. The van der Waals surface area contributed by atoms with Gasteiger partial charge in [-0.05, 0) is 6.07 Å². The minimum atomic E-state index is -1.70. The lowest BCUT2D eigenvalue weighted by molar-refractivity contribution is 0.425. The molecule has 0 aliphatic carbocycles. The van der Waals surface area contributed by atoms with E-state index in [1.807, 2.05) is 0 Å². The standard InChI is InChI=1S/C5H5BClNO3/c7-4-3(6(10)11)1-2-8-5(4)9/h1-2,10-11H,(H,8,9). The molecular weight excluding hydrogens is 168 g/mol. The first-order chi connectivity index (χ1) is 5.13. The van der Waals surface area contributed by atoms with Crippen molar-refractivity contribution in [2.75, 3.05) is 0 Å². The Morgan fingerprint density at radius 3 is 2.64 bits per heavy atom. The van der Waals surface area contributed by atoms with Crippen LogP contribution in [0.15, 0.2) is 17.1 Å². The third-order valence-electron chi connectivity index (χ3n) is 1.21. The highest BCUT2D eigenvalue weighted by Crippen LogP contribution is 1.94. The van der Waals surface area contributed by atoms with Crippen LogP contribution < -0.4 is 11.0 Å². The Labute approximate surface area is 67.6 Å². The van der Waals surface area contributed by atoms with E-state index < -0.39 is 12.7 Å². The molecule has 0 saturated heterocycles. The zero-order valence-corrected chi connectivity index (χ0v) is 6.17. The molecule has 0 amide bonds. The number of halogens is 1. The van der Waals surface area contributed by atoms with Gasteiger partial charge in [-0.15, -0.1) is 0 Å². The maximum Gasteiger partial charge on any atom is 0.490 e. The normalized spacial score (nSPS) is 9.73. The maximum absolute atomic E-state index is 10.7. The van der Waals surface area contributed by atoms with Gasteiger partial charge in [-0.1, -0.05) is 11.6 Å². The van der Waals surface area contributed by atoms with E-state index in [2.05, 4.69) is 4.98 Å². The number of aromatic nitrogens is 1. The van der Waals surface area contributed by atoms with Gasteiger partial charge in [0, 0.05) is 11.7 Å². The van der Waals surface area contributed by atoms with Gasteiger partial charge in [-0.25, -0.2) is 0 Å². The van der Waals surface area contributed by atoms with Gasteiger partial charge in [-0.3, -0.25) is 4.79 Å². The van der Waals surface area contributed by atoms with Gasteiger partial charge in [-0.2, -0.15) is 0 Å². The van der Waals surface area contributed by atoms with Crippen LogP contribution in [0.3, 0.4) is 0 Å². The SMILES string of the molecule is O=c1[nH]ccc(B(O)O)c1Cl. The predicted octanol–water partition coefficient (Wildman–Crippen LogP) is -1.29. The fourth-order valence-corrected chi connectivity index (χ4v) is 0.889. The summed E-state index contributed by atoms with van der Waals surface area (Å²) in [5, 5.41) is 17.1. The summed E-state index contributed by atoms with van der Waals surface area (Å²) >= 11 is 5.42. The fourth-order valence-electron chi connectivity index (χ4n) is 0.674. The van der Waals surface area contributed by atoms with E-state index in [0.29, 0.717) is 0 Å². The minimum Gasteiger partial charge on any atom is -0.423 e. The molecule has 0 bridgehead atoms. The molecule has 0 saturated carbocycles. The second-order valence-corrected chi connectivity index (χ2v) is 2.33. The maximum atomic E-state index is 10.7. The van der Waals surface area contributed by atoms with Gasteiger partial charge < -0.3 is 15.0 Å². The first-order valence-electron chi connectivity index (χ1n) is 2.86. The van der Waals surface area contributed by atoms with E-state index in [4.69, 9.17) is 21.6 Å². The molecule has 0 aliphatic rings. The van der Waals surface area contributed by atoms with E-state index in [0.717, 1.165) is 0 Å². The quantitative estimate of drug-likeness (QED) is 0.463. The van der Waals surface area contributed by atoms with Gasteiger partial charge in [0.2, 0.25) is 0 Å². The molecule has 0 spiro atoms. The topological polar surface area (TPSA) is 73.3 Å². The van der Waals surface area contributed by atoms with Crippen LogP contribution in [-0.2, 0) is 0 Å². The molecule has 1 heterocycles. The van der Waals surface area contributed by atoms with Gasteiger partial charge in [0.15, 0.2) is 0 Å². The van der Waals surface area contributed by atoms with Crippen LogP contribution in [0, 0.1) is 0 Å². The molecule has 0 aromatic carbocycles. The van der Waals surface area contributed by atoms with Crippen LogP contribution in [-0.4, -0.2) is 22.2 Å². The van der Waals surface area contributed by atoms with Crippen molar-refractivity contribution in [1.29, 1.82) is 0 Å². The smallest absolute Gasteiger partial charge is 0.423 e. The zero-order valence-electron chi connectivity index (χ0n) is 5.41. The van der Waals surface area contributed by atoms with Crippen molar-refractivity contribution in [3.63, 3.8) is 0 Å². The molecular formula is C5H5BClNO3. The molecule has 0 radical (unpaired) electrons. The Morgan fingerprint density at radius 2 is 2.18 bits per heavy atom. The summed E-state index contributed by atoms with van der Waals surface area (Å²) in [5.74, 6) is 0. The molecule has 4 nitrogen and oxygen atoms in total. The van der Waals surface area contributed by atoms with Gasteiger partial charge in [0.25, 0.3) is 5.56 Å². The second kappa shape index (κ2) is 3.08. The zero-order chi connectivity index (χ0) is 8.43. The largest absolute Gasteiger partial charge is 0.490 e. The van der Waals surface area contributed by atoms with Crippen molar-refractivity contribution in [1.82, 2.24) is 4.98 Å². The second-order valence-electron chi connectivity index (χ2n) is 1.95. The summed E-state index contributed by atoms with van der Waals surface area (Å²) < 4.78 is 0. The number of rotatable bonds is 1. The van der Waals surface area contributed by atoms with Gasteiger partial charge in [0.1, 0.15) is 5.02 Å². The Kier molecular flexibility index (Phi) is 2.33. The summed E-state index contributed by atoms with van der Waals surface area (Å²) in [6, 6.07) is 1.33. The Morgan fingerprint density at radius 1 is 1.55 bits per heavy atom. The highest BCUT2D eigenvalue weighted by molar-refractivity contribution is 6.62. The summed E-state index contributed by atoms with van der Waals surface area (Å²) in [6.07, 6.45) is 1.29. The average Bonchev–Trinajstić information content (AvgIpc) is 1.94. The summed E-state index contributed by atoms with van der Waals surface area (Å²) in [5.41, 5.74) is -0.521. The lowest BCUT2D eigenvalue weighted by Gasteiger charge is -1.98.